The van der Waals surface area contributed by atoms with Crippen molar-refractivity contribution in [1.29, 1.82) is 0 Å². The van der Waals surface area contributed by atoms with E-state index in [1.54, 1.807) is 12.5 Å². The lowest BCUT2D eigenvalue weighted by Crippen LogP contribution is -1.95. The van der Waals surface area contributed by atoms with Crippen LogP contribution in [0.4, 0.5) is 0 Å². The standard InChI is InChI=1S/C9H8NO2/c1-7(11)4-5-9(12)8-3-2-6-10-8/h2-6H,1H3/q+1/b5-4+. The van der Waals surface area contributed by atoms with Crippen LogP contribution in [0.3, 0.4) is 0 Å². The third-order valence-corrected chi connectivity index (χ3v) is 1.28. The number of allylic oxidation sites excluding steroid dienone is 3. The van der Waals surface area contributed by atoms with Crippen molar-refractivity contribution < 1.29 is 9.59 Å². The van der Waals surface area contributed by atoms with E-state index in [2.05, 4.69) is 4.99 Å². The van der Waals surface area contributed by atoms with Crippen molar-refractivity contribution in [3.8, 4) is 0 Å². The molecule has 0 aliphatic carbocycles. The summed E-state index contributed by atoms with van der Waals surface area (Å²) in [6.45, 7) is 1.39. The van der Waals surface area contributed by atoms with Crippen molar-refractivity contribution in [3.63, 3.8) is 0 Å². The van der Waals surface area contributed by atoms with Gasteiger partial charge in [0, 0.05) is 6.08 Å². The van der Waals surface area contributed by atoms with Crippen LogP contribution in [0, 0.1) is 6.42 Å². The fourth-order valence-corrected chi connectivity index (χ4v) is 0.725. The van der Waals surface area contributed by atoms with Crippen LogP contribution in [0.1, 0.15) is 6.92 Å². The Hall–Kier alpha value is -1.64. The summed E-state index contributed by atoms with van der Waals surface area (Å²) < 4.78 is 0. The van der Waals surface area contributed by atoms with Crippen molar-refractivity contribution in [2.24, 2.45) is 4.99 Å². The molecule has 0 atom stereocenters. The molecule has 0 saturated carbocycles. The Morgan fingerprint density at radius 1 is 1.50 bits per heavy atom. The Kier molecular flexibility index (Phi) is 2.58. The van der Waals surface area contributed by atoms with Gasteiger partial charge in [0.25, 0.3) is 5.78 Å². The average molecular weight is 162 g/mol. The first-order chi connectivity index (χ1) is 5.70. The van der Waals surface area contributed by atoms with E-state index in [0.717, 1.165) is 0 Å². The van der Waals surface area contributed by atoms with E-state index in [-0.39, 0.29) is 11.6 Å². The predicted molar refractivity (Wildman–Crippen MR) is 45.7 cm³/mol. The molecule has 3 nitrogen and oxygen atoms in total. The monoisotopic (exact) mass is 162 g/mol. The van der Waals surface area contributed by atoms with Gasteiger partial charge in [-0.05, 0) is 13.0 Å². The average Bonchev–Trinajstić information content (AvgIpc) is 2.51. The third-order valence-electron chi connectivity index (χ3n) is 1.28. The Bertz CT molecular complexity index is 298. The van der Waals surface area contributed by atoms with Gasteiger partial charge in [0.15, 0.2) is 5.78 Å². The second-order valence-corrected chi connectivity index (χ2v) is 2.33. The van der Waals surface area contributed by atoms with E-state index in [9.17, 15) is 9.59 Å². The zero-order valence-electron chi connectivity index (χ0n) is 6.65. The van der Waals surface area contributed by atoms with Gasteiger partial charge in [0.1, 0.15) is 12.3 Å². The molecule has 0 bridgehead atoms. The highest BCUT2D eigenvalue weighted by Gasteiger charge is 2.16. The fraction of sp³-hybridized carbons (Fsp3) is 0.111. The number of carbonyl (C=O) groups excluding carboxylic acids is 2. The van der Waals surface area contributed by atoms with Gasteiger partial charge in [0.05, 0.1) is 6.42 Å². The molecule has 1 aliphatic heterocycles. The molecule has 3 heteroatoms. The summed E-state index contributed by atoms with van der Waals surface area (Å²) in [6, 6.07) is 0. The van der Waals surface area contributed by atoms with Crippen LogP contribution in [-0.4, -0.2) is 17.8 Å². The second kappa shape index (κ2) is 3.67. The van der Waals surface area contributed by atoms with E-state index in [1.165, 1.54) is 25.3 Å². The maximum absolute atomic E-state index is 11.1. The summed E-state index contributed by atoms with van der Waals surface area (Å²) in [5.74, 6) is -0.384. The normalized spacial score (nSPS) is 14.6. The van der Waals surface area contributed by atoms with Gasteiger partial charge in [-0.1, -0.05) is 0 Å². The number of hydrogen-bond acceptors (Lipinski definition) is 3. The molecule has 0 amide bonds. The predicted octanol–water partition coefficient (Wildman–Crippen LogP) is 0.873. The van der Waals surface area contributed by atoms with Crippen molar-refractivity contribution in [2.75, 3.05) is 0 Å². The molecule has 0 saturated heterocycles. The van der Waals surface area contributed by atoms with Crippen molar-refractivity contribution in [2.45, 2.75) is 6.92 Å². The van der Waals surface area contributed by atoms with Crippen LogP contribution in [0.2, 0.25) is 0 Å². The third kappa shape index (κ3) is 2.20. The van der Waals surface area contributed by atoms with Gasteiger partial charge >= 0.3 is 0 Å². The van der Waals surface area contributed by atoms with Crippen molar-refractivity contribution in [1.82, 2.24) is 0 Å². The van der Waals surface area contributed by atoms with Crippen LogP contribution in [0.25, 0.3) is 0 Å². The Morgan fingerprint density at radius 2 is 2.25 bits per heavy atom. The minimum Gasteiger partial charge on any atom is -0.295 e. The molecule has 12 heavy (non-hydrogen) atoms. The first kappa shape index (κ1) is 8.46. The smallest absolute Gasteiger partial charge is 0.286 e. The Balaban J connectivity index is 2.60. The number of aliphatic imine (C=N–C) groups is 1. The summed E-state index contributed by atoms with van der Waals surface area (Å²) in [7, 11) is 0. The zero-order valence-corrected chi connectivity index (χ0v) is 6.65. The maximum Gasteiger partial charge on any atom is 0.286 e. The van der Waals surface area contributed by atoms with E-state index in [4.69, 9.17) is 0 Å². The molecule has 0 spiro atoms. The molecule has 1 heterocycles. The molecule has 0 unspecified atom stereocenters. The first-order valence-electron chi connectivity index (χ1n) is 3.51. The Morgan fingerprint density at radius 3 is 2.75 bits per heavy atom. The van der Waals surface area contributed by atoms with Gasteiger partial charge in [-0.25, -0.2) is 0 Å². The molecule has 1 aliphatic rings. The lowest BCUT2D eigenvalue weighted by Gasteiger charge is -1.80. The highest BCUT2D eigenvalue weighted by atomic mass is 16.1. The minimum absolute atomic E-state index is 0.144. The Labute approximate surface area is 70.5 Å². The highest BCUT2D eigenvalue weighted by molar-refractivity contribution is 6.09. The molecule has 60 valence electrons. The fourth-order valence-electron chi connectivity index (χ4n) is 0.725. The summed E-state index contributed by atoms with van der Waals surface area (Å²) in [6.07, 6.45) is 7.28. The molecular formula is C9H8NO2+. The summed E-state index contributed by atoms with van der Waals surface area (Å²) >= 11 is 0. The zero-order chi connectivity index (χ0) is 8.97. The SMILES string of the molecule is CC(=O)/C=C/C(=O)C1=C[CH+]C=N1. The lowest BCUT2D eigenvalue weighted by atomic mass is 10.2. The van der Waals surface area contributed by atoms with E-state index < -0.39 is 0 Å². The van der Waals surface area contributed by atoms with E-state index in [1.807, 2.05) is 0 Å². The number of hydrogen-bond donors (Lipinski definition) is 0. The molecule has 1 rings (SSSR count). The summed E-state index contributed by atoms with van der Waals surface area (Å²) in [4.78, 5) is 25.3. The maximum atomic E-state index is 11.1. The van der Waals surface area contributed by atoms with Gasteiger partial charge in [-0.15, -0.1) is 4.99 Å². The molecule has 0 fully saturated rings. The quantitative estimate of drug-likeness (QED) is 0.456. The van der Waals surface area contributed by atoms with Gasteiger partial charge in [0.2, 0.25) is 5.70 Å². The van der Waals surface area contributed by atoms with E-state index >= 15 is 0 Å². The first-order valence-corrected chi connectivity index (χ1v) is 3.51. The van der Waals surface area contributed by atoms with Crippen LogP contribution in [-0.2, 0) is 9.59 Å². The minimum atomic E-state index is -0.241. The number of carbonyl (C=O) groups is 2. The number of nitrogens with zero attached hydrogens (tertiary/aromatic N) is 1. The van der Waals surface area contributed by atoms with Crippen LogP contribution >= 0.6 is 0 Å². The molecule has 0 N–H and O–H groups in total. The lowest BCUT2D eigenvalue weighted by molar-refractivity contribution is -0.114. The van der Waals surface area contributed by atoms with E-state index in [0.29, 0.717) is 5.70 Å². The summed E-state index contributed by atoms with van der Waals surface area (Å²) in [5.41, 5.74) is 0.368. The van der Waals surface area contributed by atoms with Gasteiger partial charge < -0.3 is 0 Å². The molecule has 0 aromatic rings. The molecule has 0 aromatic heterocycles. The van der Waals surface area contributed by atoms with Crippen LogP contribution in [0.5, 0.6) is 0 Å². The van der Waals surface area contributed by atoms with Crippen LogP contribution < -0.4 is 0 Å². The summed E-state index contributed by atoms with van der Waals surface area (Å²) in [5, 5.41) is 0. The largest absolute Gasteiger partial charge is 0.295 e. The van der Waals surface area contributed by atoms with Gasteiger partial charge in [-0.2, -0.15) is 0 Å². The number of ketones is 2. The van der Waals surface area contributed by atoms with Crippen molar-refractivity contribution in [3.05, 3.63) is 30.3 Å². The molecule has 0 radical (unpaired) electrons. The second-order valence-electron chi connectivity index (χ2n) is 2.33. The van der Waals surface area contributed by atoms with Crippen LogP contribution in [0.15, 0.2) is 28.9 Å². The topological polar surface area (TPSA) is 46.5 Å². The molecule has 0 aromatic carbocycles. The molecular weight excluding hydrogens is 154 g/mol. The van der Waals surface area contributed by atoms with Crippen molar-refractivity contribution >= 4 is 17.8 Å². The van der Waals surface area contributed by atoms with Gasteiger partial charge in [-0.3, -0.25) is 9.59 Å². The number of rotatable bonds is 3. The highest BCUT2D eigenvalue weighted by Crippen LogP contribution is 2.05.